The molecule has 10 heteroatoms. The summed E-state index contributed by atoms with van der Waals surface area (Å²) >= 11 is 1.15. The zero-order chi connectivity index (χ0) is 17.3. The second-order valence-electron chi connectivity index (χ2n) is 5.35. The van der Waals surface area contributed by atoms with E-state index in [1.165, 1.54) is 12.1 Å². The fourth-order valence-corrected chi connectivity index (χ4v) is 4.66. The molecule has 24 heavy (non-hydrogen) atoms. The Balaban J connectivity index is 1.81. The molecule has 1 unspecified atom stereocenters. The number of hydrogen-bond acceptors (Lipinski definition) is 6. The van der Waals surface area contributed by atoms with E-state index in [1.54, 1.807) is 6.92 Å². The average molecular weight is 370 g/mol. The number of hydrogen-bond donors (Lipinski definition) is 1. The van der Waals surface area contributed by atoms with Crippen LogP contribution in [0.2, 0.25) is 0 Å². The van der Waals surface area contributed by atoms with Crippen molar-refractivity contribution in [1.29, 1.82) is 0 Å². The van der Waals surface area contributed by atoms with Gasteiger partial charge in [0.05, 0.1) is 4.90 Å². The van der Waals surface area contributed by atoms with Crippen molar-refractivity contribution < 1.29 is 17.6 Å². The third-order valence-electron chi connectivity index (χ3n) is 3.69. The molecule has 2 heterocycles. The highest BCUT2D eigenvalue weighted by atomic mass is 32.2. The number of nitrogens with one attached hydrogen (secondary N) is 1. The van der Waals surface area contributed by atoms with Gasteiger partial charge in [0.2, 0.25) is 21.9 Å². The van der Waals surface area contributed by atoms with Crippen LogP contribution in [-0.2, 0) is 14.8 Å². The Morgan fingerprint density at radius 1 is 1.38 bits per heavy atom. The van der Waals surface area contributed by atoms with Gasteiger partial charge in [-0.1, -0.05) is 0 Å². The minimum Gasteiger partial charge on any atom is -0.292 e. The first kappa shape index (κ1) is 16.9. The van der Waals surface area contributed by atoms with Crippen molar-refractivity contribution in [3.05, 3.63) is 35.1 Å². The van der Waals surface area contributed by atoms with E-state index in [-0.39, 0.29) is 17.4 Å². The van der Waals surface area contributed by atoms with E-state index < -0.39 is 27.8 Å². The highest BCUT2D eigenvalue weighted by molar-refractivity contribution is 7.89. The van der Waals surface area contributed by atoms with Crippen LogP contribution in [-0.4, -0.2) is 40.6 Å². The summed E-state index contributed by atoms with van der Waals surface area (Å²) in [6, 6.07) is 3.73. The average Bonchev–Trinajstić information content (AvgIpc) is 3.17. The first-order chi connectivity index (χ1) is 11.4. The van der Waals surface area contributed by atoms with E-state index in [0.717, 1.165) is 28.0 Å². The number of benzene rings is 1. The fraction of sp³-hybridized carbons (Fsp3) is 0.357. The van der Waals surface area contributed by atoms with Gasteiger partial charge in [0.1, 0.15) is 16.9 Å². The molecule has 0 aliphatic carbocycles. The van der Waals surface area contributed by atoms with E-state index in [2.05, 4.69) is 14.7 Å². The molecule has 1 saturated heterocycles. The molecule has 0 radical (unpaired) electrons. The Kier molecular flexibility index (Phi) is 4.61. The lowest BCUT2D eigenvalue weighted by atomic mass is 10.2. The van der Waals surface area contributed by atoms with Crippen LogP contribution in [0.1, 0.15) is 17.8 Å². The summed E-state index contributed by atoms with van der Waals surface area (Å²) in [5.74, 6) is -0.806. The zero-order valence-electron chi connectivity index (χ0n) is 12.8. The number of nitrogens with zero attached hydrogens (tertiary/aromatic N) is 3. The van der Waals surface area contributed by atoms with Crippen molar-refractivity contribution in [2.75, 3.05) is 11.9 Å². The maximum Gasteiger partial charge on any atom is 0.245 e. The summed E-state index contributed by atoms with van der Waals surface area (Å²) < 4.78 is 43.6. The topological polar surface area (TPSA) is 92.3 Å². The Labute approximate surface area is 142 Å². The zero-order valence-corrected chi connectivity index (χ0v) is 14.4. The number of sulfonamides is 1. The molecule has 1 N–H and O–H groups in total. The molecule has 128 valence electrons. The summed E-state index contributed by atoms with van der Waals surface area (Å²) in [6.07, 6.45) is 0.984. The van der Waals surface area contributed by atoms with E-state index in [1.807, 2.05) is 0 Å². The number of rotatable bonds is 4. The van der Waals surface area contributed by atoms with E-state index >= 15 is 0 Å². The van der Waals surface area contributed by atoms with Gasteiger partial charge in [0.15, 0.2) is 0 Å². The third-order valence-corrected chi connectivity index (χ3v) is 6.23. The smallest absolute Gasteiger partial charge is 0.245 e. The minimum absolute atomic E-state index is 0.0359. The fourth-order valence-electron chi connectivity index (χ4n) is 2.58. The number of carbonyl (C=O) groups is 1. The Morgan fingerprint density at radius 2 is 2.08 bits per heavy atom. The van der Waals surface area contributed by atoms with Crippen LogP contribution >= 0.6 is 11.5 Å². The highest BCUT2D eigenvalue weighted by Crippen LogP contribution is 2.27. The molecule has 1 aliphatic heterocycles. The molecule has 2 aromatic rings. The molecule has 0 saturated carbocycles. The first-order valence-corrected chi connectivity index (χ1v) is 9.48. The van der Waals surface area contributed by atoms with Crippen molar-refractivity contribution in [1.82, 2.24) is 13.7 Å². The maximum atomic E-state index is 13.0. The number of carbonyl (C=O) groups excluding carboxylic acids is 1. The van der Waals surface area contributed by atoms with Gasteiger partial charge >= 0.3 is 0 Å². The first-order valence-electron chi connectivity index (χ1n) is 7.26. The molecular formula is C14H15FN4O3S2. The quantitative estimate of drug-likeness (QED) is 0.886. The monoisotopic (exact) mass is 370 g/mol. The second-order valence-corrected chi connectivity index (χ2v) is 8.20. The van der Waals surface area contributed by atoms with Crippen LogP contribution in [0.5, 0.6) is 0 Å². The highest BCUT2D eigenvalue weighted by Gasteiger charge is 2.39. The molecular weight excluding hydrogens is 355 g/mol. The van der Waals surface area contributed by atoms with Crippen LogP contribution in [0.25, 0.3) is 0 Å². The van der Waals surface area contributed by atoms with Gasteiger partial charge in [0, 0.05) is 6.54 Å². The van der Waals surface area contributed by atoms with Crippen LogP contribution in [0, 0.1) is 12.7 Å². The lowest BCUT2D eigenvalue weighted by Gasteiger charge is -2.22. The Hall–Kier alpha value is -1.91. The number of amides is 1. The van der Waals surface area contributed by atoms with E-state index in [9.17, 15) is 17.6 Å². The van der Waals surface area contributed by atoms with Crippen molar-refractivity contribution >= 4 is 33.4 Å². The summed E-state index contributed by atoms with van der Waals surface area (Å²) in [5.41, 5.74) is 0. The lowest BCUT2D eigenvalue weighted by molar-refractivity contribution is -0.119. The number of aromatic nitrogens is 2. The molecule has 7 nitrogen and oxygen atoms in total. The van der Waals surface area contributed by atoms with Gasteiger partial charge in [-0.2, -0.15) is 8.68 Å². The molecule has 1 aromatic carbocycles. The van der Waals surface area contributed by atoms with Crippen LogP contribution < -0.4 is 5.32 Å². The van der Waals surface area contributed by atoms with Crippen molar-refractivity contribution in [2.45, 2.75) is 30.7 Å². The SMILES string of the molecule is Cc1nc(NC(=O)C2CCCN2S(=O)(=O)c2ccc(F)cc2)ns1. The van der Waals surface area contributed by atoms with Gasteiger partial charge in [-0.25, -0.2) is 17.8 Å². The molecule has 1 aromatic heterocycles. The molecule has 0 bridgehead atoms. The number of aryl methyl sites for hydroxylation is 1. The number of anilines is 1. The molecule has 3 rings (SSSR count). The Bertz CT molecular complexity index is 851. The van der Waals surface area contributed by atoms with Crippen molar-refractivity contribution in [3.8, 4) is 0 Å². The molecule has 1 aliphatic rings. The summed E-state index contributed by atoms with van der Waals surface area (Å²) in [6.45, 7) is 2.00. The van der Waals surface area contributed by atoms with Gasteiger partial charge < -0.3 is 0 Å². The van der Waals surface area contributed by atoms with Crippen molar-refractivity contribution in [3.63, 3.8) is 0 Å². The predicted molar refractivity (Wildman–Crippen MR) is 86.6 cm³/mol. The van der Waals surface area contributed by atoms with Gasteiger partial charge in [0.25, 0.3) is 0 Å². The van der Waals surface area contributed by atoms with Gasteiger partial charge in [-0.3, -0.25) is 10.1 Å². The van der Waals surface area contributed by atoms with E-state index in [4.69, 9.17) is 0 Å². The Morgan fingerprint density at radius 3 is 2.71 bits per heavy atom. The molecule has 1 amide bonds. The normalized spacial score (nSPS) is 18.7. The van der Waals surface area contributed by atoms with Crippen LogP contribution in [0.4, 0.5) is 10.3 Å². The third kappa shape index (κ3) is 3.30. The molecule has 1 atom stereocenters. The predicted octanol–water partition coefficient (Wildman–Crippen LogP) is 1.78. The largest absolute Gasteiger partial charge is 0.292 e. The summed E-state index contributed by atoms with van der Waals surface area (Å²) in [4.78, 5) is 16.4. The summed E-state index contributed by atoms with van der Waals surface area (Å²) in [5, 5.41) is 3.25. The minimum atomic E-state index is -3.87. The van der Waals surface area contributed by atoms with Crippen molar-refractivity contribution in [2.24, 2.45) is 0 Å². The van der Waals surface area contributed by atoms with E-state index in [0.29, 0.717) is 17.8 Å². The standard InChI is InChI=1S/C14H15FN4O3S2/c1-9-16-14(18-23-9)17-13(20)12-3-2-8-19(12)24(21,22)11-6-4-10(15)5-7-11/h4-7,12H,2-3,8H2,1H3,(H,17,18,20). The maximum absolute atomic E-state index is 13.0. The van der Waals surface area contributed by atoms with Gasteiger partial charge in [-0.05, 0) is 55.6 Å². The van der Waals surface area contributed by atoms with Gasteiger partial charge in [-0.15, -0.1) is 0 Å². The summed E-state index contributed by atoms with van der Waals surface area (Å²) in [7, 11) is -3.87. The number of halogens is 1. The lowest BCUT2D eigenvalue weighted by Crippen LogP contribution is -2.43. The van der Waals surface area contributed by atoms with Crippen LogP contribution in [0.3, 0.4) is 0 Å². The molecule has 1 fully saturated rings. The van der Waals surface area contributed by atoms with Crippen LogP contribution in [0.15, 0.2) is 29.2 Å². The molecule has 0 spiro atoms. The second kappa shape index (κ2) is 6.54.